The minimum absolute atomic E-state index is 0.172. The largest absolute Gasteiger partial charge is 0.364 e. The Hall–Kier alpha value is -1.60. The third kappa shape index (κ3) is 2.56. The van der Waals surface area contributed by atoms with Gasteiger partial charge in [0.2, 0.25) is 0 Å². The van der Waals surface area contributed by atoms with Crippen LogP contribution in [-0.2, 0) is 0 Å². The van der Waals surface area contributed by atoms with Gasteiger partial charge in [0.25, 0.3) is 5.91 Å². The van der Waals surface area contributed by atoms with Gasteiger partial charge in [-0.15, -0.1) is 16.9 Å². The molecule has 0 saturated heterocycles. The number of hydrogen-bond donors (Lipinski definition) is 2. The van der Waals surface area contributed by atoms with E-state index in [1.165, 1.54) is 0 Å². The van der Waals surface area contributed by atoms with Gasteiger partial charge in [0, 0.05) is 16.4 Å². The fourth-order valence-electron chi connectivity index (χ4n) is 1.30. The second kappa shape index (κ2) is 5.15. The highest BCUT2D eigenvalue weighted by atomic mass is 32.2. The zero-order valence-electron chi connectivity index (χ0n) is 9.01. The first-order chi connectivity index (χ1) is 8.22. The molecule has 1 heterocycles. The van der Waals surface area contributed by atoms with Crippen molar-refractivity contribution < 1.29 is 4.79 Å². The monoisotopic (exact) mass is 266 g/mol. The number of nitrogens with one attached hydrogen (secondary N) is 1. The second-order valence-electron chi connectivity index (χ2n) is 3.14. The maximum Gasteiger partial charge on any atom is 0.272 e. The van der Waals surface area contributed by atoms with E-state index in [0.717, 1.165) is 22.1 Å². The topological polar surface area (TPSA) is 80.9 Å². The number of amides is 1. The average Bonchev–Trinajstić information content (AvgIpc) is 2.78. The molecule has 0 aliphatic rings. The highest BCUT2D eigenvalue weighted by Gasteiger charge is 2.14. The summed E-state index contributed by atoms with van der Waals surface area (Å²) in [6.07, 6.45) is 1.99. The summed E-state index contributed by atoms with van der Waals surface area (Å²) in [4.78, 5) is 12.2. The van der Waals surface area contributed by atoms with Crippen molar-refractivity contribution in [2.24, 2.45) is 5.73 Å². The lowest BCUT2D eigenvalue weighted by Crippen LogP contribution is -2.13. The first kappa shape index (κ1) is 11.9. The van der Waals surface area contributed by atoms with Crippen molar-refractivity contribution in [3.63, 3.8) is 0 Å². The molecule has 0 atom stereocenters. The van der Waals surface area contributed by atoms with Gasteiger partial charge in [-0.05, 0) is 18.4 Å². The molecular formula is C10H10N4OS2. The van der Waals surface area contributed by atoms with E-state index in [2.05, 4.69) is 14.9 Å². The van der Waals surface area contributed by atoms with Crippen molar-refractivity contribution in [3.05, 3.63) is 30.0 Å². The van der Waals surface area contributed by atoms with Gasteiger partial charge >= 0.3 is 0 Å². The number of benzene rings is 1. The zero-order valence-corrected chi connectivity index (χ0v) is 10.6. The van der Waals surface area contributed by atoms with Crippen molar-refractivity contribution in [3.8, 4) is 0 Å². The smallest absolute Gasteiger partial charge is 0.272 e. The molecule has 0 radical (unpaired) electrons. The van der Waals surface area contributed by atoms with Crippen LogP contribution < -0.4 is 11.1 Å². The summed E-state index contributed by atoms with van der Waals surface area (Å²) >= 11 is 2.73. The lowest BCUT2D eigenvalue weighted by Gasteiger charge is -2.08. The molecule has 0 saturated carbocycles. The fourth-order valence-corrected chi connectivity index (χ4v) is 2.45. The number of para-hydroxylation sites is 1. The fraction of sp³-hybridized carbons (Fsp3) is 0.100. The van der Waals surface area contributed by atoms with Gasteiger partial charge in [0.1, 0.15) is 5.00 Å². The van der Waals surface area contributed by atoms with Crippen molar-refractivity contribution in [2.75, 3.05) is 11.6 Å². The molecule has 1 amide bonds. The number of aromatic nitrogens is 2. The molecule has 0 spiro atoms. The van der Waals surface area contributed by atoms with Crippen LogP contribution in [0.25, 0.3) is 0 Å². The summed E-state index contributed by atoms with van der Waals surface area (Å²) in [5.41, 5.74) is 6.29. The van der Waals surface area contributed by atoms with Crippen LogP contribution in [0.3, 0.4) is 0 Å². The van der Waals surface area contributed by atoms with E-state index in [4.69, 9.17) is 5.73 Å². The van der Waals surface area contributed by atoms with E-state index < -0.39 is 5.91 Å². The highest BCUT2D eigenvalue weighted by molar-refractivity contribution is 7.98. The first-order valence-corrected chi connectivity index (χ1v) is 6.74. The van der Waals surface area contributed by atoms with E-state index in [0.29, 0.717) is 5.00 Å². The third-order valence-corrected chi connectivity index (χ3v) is 3.51. The number of carbonyl (C=O) groups is 1. The zero-order chi connectivity index (χ0) is 12.3. The van der Waals surface area contributed by atoms with Crippen LogP contribution in [0.1, 0.15) is 10.5 Å². The van der Waals surface area contributed by atoms with E-state index in [1.54, 1.807) is 11.8 Å². The second-order valence-corrected chi connectivity index (χ2v) is 4.74. The Balaban J connectivity index is 2.31. The number of hydrogen-bond acceptors (Lipinski definition) is 6. The van der Waals surface area contributed by atoms with Crippen LogP contribution in [0.15, 0.2) is 29.2 Å². The molecule has 0 unspecified atom stereocenters. The van der Waals surface area contributed by atoms with Gasteiger partial charge in [-0.2, -0.15) is 0 Å². The lowest BCUT2D eigenvalue weighted by atomic mass is 10.3. The summed E-state index contributed by atoms with van der Waals surface area (Å²) in [7, 11) is 0. The summed E-state index contributed by atoms with van der Waals surface area (Å²) in [5, 5.41) is 7.39. The molecule has 5 nitrogen and oxygen atoms in total. The van der Waals surface area contributed by atoms with Crippen molar-refractivity contribution in [2.45, 2.75) is 4.90 Å². The number of primary amides is 1. The Morgan fingerprint density at radius 2 is 2.24 bits per heavy atom. The number of anilines is 2. The Labute approximate surface area is 107 Å². The maximum atomic E-state index is 11.1. The summed E-state index contributed by atoms with van der Waals surface area (Å²) in [6, 6.07) is 7.79. The Kier molecular flexibility index (Phi) is 3.60. The van der Waals surface area contributed by atoms with Gasteiger partial charge in [-0.25, -0.2) is 0 Å². The van der Waals surface area contributed by atoms with E-state index in [1.807, 2.05) is 30.5 Å². The van der Waals surface area contributed by atoms with Crippen molar-refractivity contribution in [1.82, 2.24) is 9.59 Å². The van der Waals surface area contributed by atoms with Gasteiger partial charge in [-0.3, -0.25) is 4.79 Å². The van der Waals surface area contributed by atoms with Gasteiger partial charge in [0.15, 0.2) is 5.69 Å². The van der Waals surface area contributed by atoms with Crippen molar-refractivity contribution in [1.29, 1.82) is 0 Å². The molecule has 3 N–H and O–H groups in total. The molecule has 0 aliphatic heterocycles. The molecule has 2 aromatic rings. The molecule has 0 fully saturated rings. The standard InChI is InChI=1S/C10H10N4OS2/c1-16-7-5-3-2-4-6(7)12-10-8(9(11)15)13-14-17-10/h2-5,12H,1H3,(H2,11,15). The molecule has 0 aliphatic carbocycles. The molecular weight excluding hydrogens is 256 g/mol. The Morgan fingerprint density at radius 3 is 2.94 bits per heavy atom. The number of nitrogens with zero attached hydrogens (tertiary/aromatic N) is 2. The predicted molar refractivity (Wildman–Crippen MR) is 69.9 cm³/mol. The van der Waals surface area contributed by atoms with Crippen LogP contribution in [0, 0.1) is 0 Å². The molecule has 1 aromatic carbocycles. The lowest BCUT2D eigenvalue weighted by molar-refractivity contribution is 0.0996. The number of rotatable bonds is 4. The molecule has 7 heteroatoms. The minimum Gasteiger partial charge on any atom is -0.364 e. The minimum atomic E-state index is -0.581. The molecule has 88 valence electrons. The summed E-state index contributed by atoms with van der Waals surface area (Å²) < 4.78 is 3.72. The van der Waals surface area contributed by atoms with Gasteiger partial charge < -0.3 is 11.1 Å². The number of thioether (sulfide) groups is 1. The van der Waals surface area contributed by atoms with Crippen LogP contribution >= 0.6 is 23.3 Å². The molecule has 2 rings (SSSR count). The number of nitrogens with two attached hydrogens (primary N) is 1. The Bertz CT molecular complexity index is 541. The first-order valence-electron chi connectivity index (χ1n) is 4.74. The molecule has 1 aromatic heterocycles. The third-order valence-electron chi connectivity index (χ3n) is 2.08. The average molecular weight is 266 g/mol. The maximum absolute atomic E-state index is 11.1. The van der Waals surface area contributed by atoms with Crippen molar-refractivity contribution >= 4 is 39.9 Å². The van der Waals surface area contributed by atoms with Crippen LogP contribution in [0.2, 0.25) is 0 Å². The van der Waals surface area contributed by atoms with Crippen LogP contribution in [0.4, 0.5) is 10.7 Å². The summed E-state index contributed by atoms with van der Waals surface area (Å²) in [5.74, 6) is -0.581. The van der Waals surface area contributed by atoms with Gasteiger partial charge in [-0.1, -0.05) is 16.6 Å². The van der Waals surface area contributed by atoms with E-state index in [9.17, 15) is 4.79 Å². The Morgan fingerprint density at radius 1 is 1.47 bits per heavy atom. The summed E-state index contributed by atoms with van der Waals surface area (Å²) in [6.45, 7) is 0. The van der Waals surface area contributed by atoms with Gasteiger partial charge in [0.05, 0.1) is 5.69 Å². The molecule has 0 bridgehead atoms. The SMILES string of the molecule is CSc1ccccc1Nc1snnc1C(N)=O. The number of carbonyl (C=O) groups excluding carboxylic acids is 1. The van der Waals surface area contributed by atoms with Crippen LogP contribution in [-0.4, -0.2) is 21.7 Å². The van der Waals surface area contributed by atoms with E-state index in [-0.39, 0.29) is 5.69 Å². The highest BCUT2D eigenvalue weighted by Crippen LogP contribution is 2.30. The van der Waals surface area contributed by atoms with E-state index >= 15 is 0 Å². The predicted octanol–water partition coefficient (Wildman–Crippen LogP) is 2.10. The van der Waals surface area contributed by atoms with Crippen LogP contribution in [0.5, 0.6) is 0 Å². The molecule has 17 heavy (non-hydrogen) atoms. The normalized spacial score (nSPS) is 10.2. The quantitative estimate of drug-likeness (QED) is 0.828.